The van der Waals surface area contributed by atoms with Crippen LogP contribution < -0.4 is 0 Å². The molecule has 1 aliphatic rings. The number of rotatable bonds is 5. The summed E-state index contributed by atoms with van der Waals surface area (Å²) in [5.41, 5.74) is 1.32. The highest BCUT2D eigenvalue weighted by Gasteiger charge is 2.26. The van der Waals surface area contributed by atoms with E-state index in [1.165, 1.54) is 6.07 Å². The number of sulfone groups is 1. The topological polar surface area (TPSA) is 95.0 Å². The van der Waals surface area contributed by atoms with Crippen LogP contribution in [0, 0.1) is 0 Å². The number of piperazine rings is 1. The fraction of sp³-hybridized carbons (Fsp3) is 0.200. The number of para-hydroxylation sites is 1. The predicted octanol–water partition coefficient (Wildman–Crippen LogP) is 2.96. The Morgan fingerprint density at radius 1 is 0.727 bits per heavy atom. The van der Waals surface area contributed by atoms with Crippen LogP contribution >= 0.6 is 0 Å². The highest BCUT2D eigenvalue weighted by atomic mass is 32.2. The summed E-state index contributed by atoms with van der Waals surface area (Å²) in [6.07, 6.45) is 0. The molecule has 8 heteroatoms. The van der Waals surface area contributed by atoms with Crippen molar-refractivity contribution in [3.8, 4) is 5.75 Å². The summed E-state index contributed by atoms with van der Waals surface area (Å²) >= 11 is 0. The highest BCUT2D eigenvalue weighted by molar-refractivity contribution is 7.90. The van der Waals surface area contributed by atoms with Gasteiger partial charge < -0.3 is 14.9 Å². The van der Waals surface area contributed by atoms with Crippen molar-refractivity contribution in [2.75, 3.05) is 26.2 Å². The molecule has 1 aliphatic heterocycles. The Kier molecular flexibility index (Phi) is 6.46. The van der Waals surface area contributed by atoms with Crippen LogP contribution in [0.1, 0.15) is 26.3 Å². The zero-order valence-electron chi connectivity index (χ0n) is 17.9. The van der Waals surface area contributed by atoms with Crippen molar-refractivity contribution in [1.82, 2.24) is 9.80 Å². The maximum Gasteiger partial charge on any atom is 0.257 e. The number of phenolic OH excluding ortho intramolecular Hbond substituents is 1. The highest BCUT2D eigenvalue weighted by Crippen LogP contribution is 2.20. The van der Waals surface area contributed by atoms with Gasteiger partial charge in [-0.2, -0.15) is 0 Å². The minimum atomic E-state index is -3.46. The lowest BCUT2D eigenvalue weighted by Gasteiger charge is -2.35. The van der Waals surface area contributed by atoms with E-state index in [-0.39, 0.29) is 33.8 Å². The van der Waals surface area contributed by atoms with Crippen molar-refractivity contribution in [1.29, 1.82) is 0 Å². The molecule has 0 unspecified atom stereocenters. The molecule has 0 atom stereocenters. The molecule has 0 bridgehead atoms. The number of carbonyl (C=O) groups excluding carboxylic acids is 2. The van der Waals surface area contributed by atoms with Gasteiger partial charge in [-0.25, -0.2) is 8.42 Å². The van der Waals surface area contributed by atoms with Crippen LogP contribution in [0.15, 0.2) is 83.8 Å². The number of carbonyl (C=O) groups is 2. The average Bonchev–Trinajstić information content (AvgIpc) is 2.84. The first-order chi connectivity index (χ1) is 15.8. The quantitative estimate of drug-likeness (QED) is 0.627. The van der Waals surface area contributed by atoms with Crippen molar-refractivity contribution >= 4 is 21.7 Å². The Morgan fingerprint density at radius 2 is 1.27 bits per heavy atom. The number of hydrogen-bond donors (Lipinski definition) is 1. The summed E-state index contributed by atoms with van der Waals surface area (Å²) in [4.78, 5) is 29.1. The first-order valence-electron chi connectivity index (χ1n) is 10.6. The second kappa shape index (κ2) is 9.46. The van der Waals surface area contributed by atoms with Crippen molar-refractivity contribution < 1.29 is 23.1 Å². The summed E-state index contributed by atoms with van der Waals surface area (Å²) in [6.45, 7) is 1.49. The van der Waals surface area contributed by atoms with Gasteiger partial charge in [0.2, 0.25) is 0 Å². The van der Waals surface area contributed by atoms with Crippen LogP contribution in [-0.2, 0) is 15.6 Å². The number of hydrogen-bond acceptors (Lipinski definition) is 5. The van der Waals surface area contributed by atoms with Gasteiger partial charge in [-0.05, 0) is 42.0 Å². The van der Waals surface area contributed by atoms with Crippen LogP contribution in [-0.4, -0.2) is 61.3 Å². The lowest BCUT2D eigenvalue weighted by Crippen LogP contribution is -2.50. The molecule has 7 nitrogen and oxygen atoms in total. The van der Waals surface area contributed by atoms with Gasteiger partial charge in [0.1, 0.15) is 5.75 Å². The largest absolute Gasteiger partial charge is 0.507 e. The van der Waals surface area contributed by atoms with Crippen molar-refractivity contribution in [2.24, 2.45) is 0 Å². The summed E-state index contributed by atoms with van der Waals surface area (Å²) in [5.74, 6) is -0.625. The smallest absolute Gasteiger partial charge is 0.257 e. The fourth-order valence-electron chi connectivity index (χ4n) is 3.79. The molecule has 1 saturated heterocycles. The monoisotopic (exact) mass is 464 g/mol. The van der Waals surface area contributed by atoms with Crippen molar-refractivity contribution in [3.63, 3.8) is 0 Å². The SMILES string of the molecule is O=C(c1ccc(CS(=O)(=O)c2ccccc2)cc1)N1CCN(C(=O)c2ccccc2O)CC1. The van der Waals surface area contributed by atoms with E-state index in [1.807, 2.05) is 0 Å². The van der Waals surface area contributed by atoms with E-state index in [9.17, 15) is 23.1 Å². The maximum atomic E-state index is 12.9. The molecule has 33 heavy (non-hydrogen) atoms. The predicted molar refractivity (Wildman–Crippen MR) is 124 cm³/mol. The second-order valence-electron chi connectivity index (χ2n) is 7.87. The van der Waals surface area contributed by atoms with Crippen molar-refractivity contribution in [3.05, 3.63) is 95.6 Å². The third-order valence-corrected chi connectivity index (χ3v) is 7.35. The molecule has 0 aromatic heterocycles. The Balaban J connectivity index is 1.36. The van der Waals surface area contributed by atoms with Gasteiger partial charge in [0.15, 0.2) is 9.84 Å². The Morgan fingerprint density at radius 3 is 1.88 bits per heavy atom. The minimum absolute atomic E-state index is 0.0598. The minimum Gasteiger partial charge on any atom is -0.507 e. The van der Waals surface area contributed by atoms with E-state index in [4.69, 9.17) is 0 Å². The zero-order chi connectivity index (χ0) is 23.4. The summed E-state index contributed by atoms with van der Waals surface area (Å²) in [6, 6.07) is 21.3. The molecule has 4 rings (SSSR count). The van der Waals surface area contributed by atoms with Gasteiger partial charge in [0.05, 0.1) is 16.2 Å². The molecule has 0 aliphatic carbocycles. The molecule has 3 aromatic carbocycles. The normalized spacial score (nSPS) is 14.2. The van der Waals surface area contributed by atoms with Crippen molar-refractivity contribution in [2.45, 2.75) is 10.6 Å². The third-order valence-electron chi connectivity index (χ3n) is 5.65. The molecular weight excluding hydrogens is 440 g/mol. The van der Waals surface area contributed by atoms with Gasteiger partial charge in [0, 0.05) is 31.7 Å². The average molecular weight is 465 g/mol. The molecule has 0 spiro atoms. The maximum absolute atomic E-state index is 12.9. The molecule has 2 amide bonds. The molecule has 3 aromatic rings. The van der Waals surface area contributed by atoms with Crippen LogP contribution in [0.2, 0.25) is 0 Å². The number of phenols is 1. The summed E-state index contributed by atoms with van der Waals surface area (Å²) in [5, 5.41) is 9.91. The summed E-state index contributed by atoms with van der Waals surface area (Å²) in [7, 11) is -3.46. The first kappa shape index (κ1) is 22.5. The Labute approximate surface area is 192 Å². The lowest BCUT2D eigenvalue weighted by molar-refractivity contribution is 0.0533. The van der Waals surface area contributed by atoms with Crippen LogP contribution in [0.3, 0.4) is 0 Å². The molecule has 170 valence electrons. The van der Waals surface area contributed by atoms with E-state index in [0.717, 1.165) is 0 Å². The Bertz CT molecular complexity index is 1250. The van der Waals surface area contributed by atoms with Gasteiger partial charge >= 0.3 is 0 Å². The number of benzene rings is 3. The van der Waals surface area contributed by atoms with Gasteiger partial charge in [0.25, 0.3) is 11.8 Å². The molecular formula is C25H24N2O5S. The fourth-order valence-corrected chi connectivity index (χ4v) is 5.16. The molecule has 1 fully saturated rings. The number of aromatic hydroxyl groups is 1. The van der Waals surface area contributed by atoms with E-state index in [1.54, 1.807) is 82.6 Å². The molecule has 0 saturated carbocycles. The summed E-state index contributed by atoms with van der Waals surface area (Å²) < 4.78 is 25.1. The number of amides is 2. The number of nitrogens with zero attached hydrogens (tertiary/aromatic N) is 2. The van der Waals surface area contributed by atoms with Crippen LogP contribution in [0.4, 0.5) is 0 Å². The van der Waals surface area contributed by atoms with Crippen LogP contribution in [0.5, 0.6) is 5.75 Å². The third kappa shape index (κ3) is 5.06. The zero-order valence-corrected chi connectivity index (χ0v) is 18.7. The van der Waals surface area contributed by atoms with Gasteiger partial charge in [-0.3, -0.25) is 9.59 Å². The molecule has 0 radical (unpaired) electrons. The van der Waals surface area contributed by atoms with Crippen LogP contribution in [0.25, 0.3) is 0 Å². The molecule has 1 N–H and O–H groups in total. The lowest BCUT2D eigenvalue weighted by atomic mass is 10.1. The van der Waals surface area contributed by atoms with E-state index >= 15 is 0 Å². The Hall–Kier alpha value is -3.65. The van der Waals surface area contributed by atoms with Gasteiger partial charge in [-0.1, -0.05) is 42.5 Å². The van der Waals surface area contributed by atoms with E-state index in [0.29, 0.717) is 37.3 Å². The molecule has 1 heterocycles. The standard InChI is InChI=1S/C25H24N2O5S/c28-23-9-5-4-8-22(23)25(30)27-16-14-26(15-17-27)24(29)20-12-10-19(11-13-20)18-33(31,32)21-6-2-1-3-7-21/h1-13,28H,14-18H2. The van der Waals surface area contributed by atoms with Gasteiger partial charge in [-0.15, -0.1) is 0 Å². The van der Waals surface area contributed by atoms with E-state index < -0.39 is 9.84 Å². The first-order valence-corrected chi connectivity index (χ1v) is 12.2. The van der Waals surface area contributed by atoms with E-state index in [2.05, 4.69) is 0 Å². The second-order valence-corrected chi connectivity index (χ2v) is 9.86.